The molecule has 0 saturated carbocycles. The van der Waals surface area contributed by atoms with Crippen molar-refractivity contribution in [2.45, 2.75) is 31.9 Å². The van der Waals surface area contributed by atoms with Crippen LogP contribution in [0.25, 0.3) is 0 Å². The molecule has 114 valence electrons. The monoisotopic (exact) mass is 307 g/mol. The minimum Gasteiger partial charge on any atom is -0.489 e. The third kappa shape index (κ3) is 4.76. The Labute approximate surface area is 131 Å². The third-order valence-corrected chi connectivity index (χ3v) is 3.79. The minimum atomic E-state index is 0.0603. The number of nitrogens with one attached hydrogen (secondary N) is 1. The molecular weight excluding hydrogens is 286 g/mol. The van der Waals surface area contributed by atoms with E-state index in [0.717, 1.165) is 18.6 Å². The van der Waals surface area contributed by atoms with E-state index in [1.54, 1.807) is 0 Å². The van der Waals surface area contributed by atoms with Crippen molar-refractivity contribution in [1.82, 2.24) is 15.1 Å². The lowest BCUT2D eigenvalue weighted by atomic mass is 10.0. The van der Waals surface area contributed by atoms with Crippen molar-refractivity contribution in [3.63, 3.8) is 0 Å². The highest BCUT2D eigenvalue weighted by Crippen LogP contribution is 2.20. The molecule has 0 bridgehead atoms. The van der Waals surface area contributed by atoms with Crippen LogP contribution in [-0.4, -0.2) is 29.0 Å². The Balaban J connectivity index is 1.90. The van der Waals surface area contributed by atoms with E-state index in [1.807, 2.05) is 49.2 Å². The summed E-state index contributed by atoms with van der Waals surface area (Å²) in [5.41, 5.74) is 1.24. The average Bonchev–Trinajstić information content (AvgIpc) is 2.85. The number of aromatic nitrogens is 2. The summed E-state index contributed by atoms with van der Waals surface area (Å²) >= 11 is 5.98. The fraction of sp³-hybridized carbons (Fsp3) is 0.438. The van der Waals surface area contributed by atoms with E-state index < -0.39 is 0 Å². The molecular formula is C16H22ClN3O. The maximum Gasteiger partial charge on any atom is 0.121 e. The molecule has 5 heteroatoms. The average molecular weight is 308 g/mol. The maximum atomic E-state index is 5.98. The molecule has 0 aliphatic carbocycles. The molecule has 4 nitrogen and oxygen atoms in total. The van der Waals surface area contributed by atoms with Gasteiger partial charge in [-0.2, -0.15) is 5.10 Å². The summed E-state index contributed by atoms with van der Waals surface area (Å²) in [7, 11) is 3.90. The van der Waals surface area contributed by atoms with Crippen LogP contribution in [-0.2, 0) is 13.5 Å². The zero-order valence-corrected chi connectivity index (χ0v) is 13.5. The first-order valence-corrected chi connectivity index (χ1v) is 7.53. The number of ether oxygens (including phenoxy) is 1. The van der Waals surface area contributed by atoms with E-state index in [-0.39, 0.29) is 12.1 Å². The highest BCUT2D eigenvalue weighted by atomic mass is 35.5. The van der Waals surface area contributed by atoms with Gasteiger partial charge in [-0.15, -0.1) is 0 Å². The second kappa shape index (κ2) is 7.48. The van der Waals surface area contributed by atoms with Crippen LogP contribution < -0.4 is 10.1 Å². The standard InChI is InChI=1S/C16H22ClN3O/c1-12(21-15-6-4-5-14(17)9-15)16(18-2)8-7-13-10-19-20(3)11-13/h4-6,9-12,16,18H,7-8H2,1-3H3. The van der Waals surface area contributed by atoms with Gasteiger partial charge in [-0.25, -0.2) is 0 Å². The van der Waals surface area contributed by atoms with Gasteiger partial charge in [0.2, 0.25) is 0 Å². The van der Waals surface area contributed by atoms with Crippen LogP contribution in [0.5, 0.6) is 5.75 Å². The molecule has 2 unspecified atom stereocenters. The Kier molecular flexibility index (Phi) is 5.65. The largest absolute Gasteiger partial charge is 0.489 e. The molecule has 1 aromatic carbocycles. The molecule has 0 saturated heterocycles. The van der Waals surface area contributed by atoms with Crippen LogP contribution in [0.15, 0.2) is 36.7 Å². The molecule has 0 amide bonds. The second-order valence-electron chi connectivity index (χ2n) is 5.24. The van der Waals surface area contributed by atoms with Gasteiger partial charge in [-0.05, 0) is 50.6 Å². The zero-order valence-electron chi connectivity index (χ0n) is 12.7. The molecule has 1 heterocycles. The number of rotatable bonds is 7. The Bertz CT molecular complexity index is 570. The molecule has 2 rings (SSSR count). The summed E-state index contributed by atoms with van der Waals surface area (Å²) in [6.07, 6.45) is 5.99. The fourth-order valence-corrected chi connectivity index (χ4v) is 2.55. The summed E-state index contributed by atoms with van der Waals surface area (Å²) in [5.74, 6) is 0.802. The summed E-state index contributed by atoms with van der Waals surface area (Å²) in [6, 6.07) is 7.78. The van der Waals surface area contributed by atoms with E-state index in [0.29, 0.717) is 5.02 Å². The van der Waals surface area contributed by atoms with Gasteiger partial charge in [0.15, 0.2) is 0 Å². The Morgan fingerprint density at radius 3 is 2.86 bits per heavy atom. The molecule has 1 aromatic heterocycles. The fourth-order valence-electron chi connectivity index (χ4n) is 2.37. The first-order valence-electron chi connectivity index (χ1n) is 7.15. The molecule has 21 heavy (non-hydrogen) atoms. The molecule has 1 N–H and O–H groups in total. The highest BCUT2D eigenvalue weighted by molar-refractivity contribution is 6.30. The van der Waals surface area contributed by atoms with Crippen LogP contribution in [0.2, 0.25) is 5.02 Å². The van der Waals surface area contributed by atoms with Crippen molar-refractivity contribution in [3.8, 4) is 5.75 Å². The number of likely N-dealkylation sites (N-methyl/N-ethyl adjacent to an activating group) is 1. The molecule has 0 spiro atoms. The van der Waals surface area contributed by atoms with Gasteiger partial charge in [-0.1, -0.05) is 17.7 Å². The van der Waals surface area contributed by atoms with Gasteiger partial charge in [-0.3, -0.25) is 4.68 Å². The number of hydrogen-bond donors (Lipinski definition) is 1. The van der Waals surface area contributed by atoms with Crippen molar-refractivity contribution in [3.05, 3.63) is 47.2 Å². The van der Waals surface area contributed by atoms with Crippen LogP contribution >= 0.6 is 11.6 Å². The minimum absolute atomic E-state index is 0.0603. The summed E-state index contributed by atoms with van der Waals surface area (Å²) in [4.78, 5) is 0. The van der Waals surface area contributed by atoms with Crippen molar-refractivity contribution < 1.29 is 4.74 Å². The van der Waals surface area contributed by atoms with E-state index in [4.69, 9.17) is 16.3 Å². The van der Waals surface area contributed by atoms with Crippen LogP contribution in [0.1, 0.15) is 18.9 Å². The van der Waals surface area contributed by atoms with Gasteiger partial charge in [0.1, 0.15) is 11.9 Å². The topological polar surface area (TPSA) is 39.1 Å². The number of aryl methyl sites for hydroxylation is 2. The van der Waals surface area contributed by atoms with Crippen molar-refractivity contribution in [2.75, 3.05) is 7.05 Å². The van der Waals surface area contributed by atoms with E-state index in [2.05, 4.69) is 23.5 Å². The lowest BCUT2D eigenvalue weighted by Crippen LogP contribution is -2.39. The molecule has 0 fully saturated rings. The smallest absolute Gasteiger partial charge is 0.121 e. The Morgan fingerprint density at radius 1 is 1.43 bits per heavy atom. The van der Waals surface area contributed by atoms with Gasteiger partial charge < -0.3 is 10.1 Å². The van der Waals surface area contributed by atoms with Gasteiger partial charge >= 0.3 is 0 Å². The number of nitrogens with zero attached hydrogens (tertiary/aromatic N) is 2. The second-order valence-corrected chi connectivity index (χ2v) is 5.67. The van der Waals surface area contributed by atoms with Crippen molar-refractivity contribution >= 4 is 11.6 Å². The predicted molar refractivity (Wildman–Crippen MR) is 85.9 cm³/mol. The predicted octanol–water partition coefficient (Wildman–Crippen LogP) is 3.06. The van der Waals surface area contributed by atoms with Gasteiger partial charge in [0, 0.05) is 24.3 Å². The van der Waals surface area contributed by atoms with Gasteiger partial charge in [0.25, 0.3) is 0 Å². The van der Waals surface area contributed by atoms with Crippen molar-refractivity contribution in [1.29, 1.82) is 0 Å². The number of halogens is 1. The van der Waals surface area contributed by atoms with Crippen molar-refractivity contribution in [2.24, 2.45) is 7.05 Å². The first-order chi connectivity index (χ1) is 10.1. The Morgan fingerprint density at radius 2 is 2.24 bits per heavy atom. The lowest BCUT2D eigenvalue weighted by Gasteiger charge is -2.24. The molecule has 0 aliphatic rings. The first kappa shape index (κ1) is 15.9. The van der Waals surface area contributed by atoms with E-state index in [9.17, 15) is 0 Å². The maximum absolute atomic E-state index is 5.98. The third-order valence-electron chi connectivity index (χ3n) is 3.56. The lowest BCUT2D eigenvalue weighted by molar-refractivity contribution is 0.169. The van der Waals surface area contributed by atoms with E-state index in [1.165, 1.54) is 5.56 Å². The number of hydrogen-bond acceptors (Lipinski definition) is 3. The molecule has 2 atom stereocenters. The SMILES string of the molecule is CNC(CCc1cnn(C)c1)C(C)Oc1cccc(Cl)c1. The summed E-state index contributed by atoms with van der Waals surface area (Å²) in [5, 5.41) is 8.21. The quantitative estimate of drug-likeness (QED) is 0.854. The highest BCUT2D eigenvalue weighted by Gasteiger charge is 2.17. The summed E-state index contributed by atoms with van der Waals surface area (Å²) in [6.45, 7) is 2.07. The van der Waals surface area contributed by atoms with Crippen LogP contribution in [0.4, 0.5) is 0 Å². The Hall–Kier alpha value is -1.52. The molecule has 0 radical (unpaired) electrons. The molecule has 2 aromatic rings. The molecule has 0 aliphatic heterocycles. The zero-order chi connectivity index (χ0) is 15.2. The summed E-state index contributed by atoms with van der Waals surface area (Å²) < 4.78 is 7.80. The van der Waals surface area contributed by atoms with Crippen LogP contribution in [0, 0.1) is 0 Å². The number of benzene rings is 1. The van der Waals surface area contributed by atoms with Gasteiger partial charge in [0.05, 0.1) is 6.20 Å². The normalized spacial score (nSPS) is 13.9. The van der Waals surface area contributed by atoms with Crippen LogP contribution in [0.3, 0.4) is 0 Å². The van der Waals surface area contributed by atoms with E-state index >= 15 is 0 Å².